The lowest BCUT2D eigenvalue weighted by molar-refractivity contribution is -0.150. The molecule has 0 radical (unpaired) electrons. The lowest BCUT2D eigenvalue weighted by Gasteiger charge is -2.41. The summed E-state index contributed by atoms with van der Waals surface area (Å²) in [5, 5.41) is 10.0. The number of rotatable bonds is 4. The number of nitrogens with zero attached hydrogens (tertiary/aromatic N) is 3. The van der Waals surface area contributed by atoms with Gasteiger partial charge < -0.3 is 19.3 Å². The Morgan fingerprint density at radius 2 is 1.85 bits per heavy atom. The van der Waals surface area contributed by atoms with Crippen LogP contribution in [0.5, 0.6) is 0 Å². The first kappa shape index (κ1) is 23.9. The number of amides is 2. The molecular formula is C26H30FN3O4. The molecule has 8 heteroatoms. The van der Waals surface area contributed by atoms with Crippen LogP contribution in [0.4, 0.5) is 4.39 Å². The molecule has 1 N–H and O–H groups in total. The Morgan fingerprint density at radius 3 is 2.44 bits per heavy atom. The Labute approximate surface area is 198 Å². The SMILES string of the molecule is CC(C)c1cc(-c2ccc(F)cc2)nc2cc(C(=O)N3CCN(C(=O)C(C)(C)O)C[C@@H]3C)oc12. The van der Waals surface area contributed by atoms with Gasteiger partial charge in [0.15, 0.2) is 11.3 Å². The number of aromatic nitrogens is 1. The zero-order chi connectivity index (χ0) is 24.8. The van der Waals surface area contributed by atoms with Crippen molar-refractivity contribution >= 4 is 22.9 Å². The second-order valence-electron chi connectivity index (χ2n) is 9.74. The molecule has 0 unspecified atom stereocenters. The predicted molar refractivity (Wildman–Crippen MR) is 127 cm³/mol. The molecule has 1 atom stereocenters. The molecule has 1 aromatic carbocycles. The highest BCUT2D eigenvalue weighted by atomic mass is 19.1. The quantitative estimate of drug-likeness (QED) is 0.621. The maximum Gasteiger partial charge on any atom is 0.290 e. The normalized spacial score (nSPS) is 17.0. The lowest BCUT2D eigenvalue weighted by Crippen LogP contribution is -2.58. The van der Waals surface area contributed by atoms with E-state index in [1.165, 1.54) is 26.0 Å². The zero-order valence-corrected chi connectivity index (χ0v) is 20.1. The van der Waals surface area contributed by atoms with Crippen molar-refractivity contribution in [1.82, 2.24) is 14.8 Å². The first-order chi connectivity index (χ1) is 16.0. The van der Waals surface area contributed by atoms with E-state index in [0.717, 1.165) is 11.1 Å². The fourth-order valence-electron chi connectivity index (χ4n) is 4.32. The molecule has 7 nitrogen and oxygen atoms in total. The highest BCUT2D eigenvalue weighted by molar-refractivity contribution is 5.96. The Morgan fingerprint density at radius 1 is 1.18 bits per heavy atom. The molecule has 2 aromatic heterocycles. The number of piperazine rings is 1. The minimum atomic E-state index is -1.45. The third-order valence-electron chi connectivity index (χ3n) is 6.18. The van der Waals surface area contributed by atoms with E-state index in [1.54, 1.807) is 28.0 Å². The summed E-state index contributed by atoms with van der Waals surface area (Å²) >= 11 is 0. The van der Waals surface area contributed by atoms with Gasteiger partial charge in [0, 0.05) is 42.9 Å². The molecule has 0 bridgehead atoms. The number of pyridine rings is 1. The standard InChI is InChI=1S/C26H30FN3O4/c1-15(2)19-12-20(17-6-8-18(27)9-7-17)28-21-13-22(34-23(19)21)24(31)30-11-10-29(14-16(30)3)25(32)26(4,5)33/h6-9,12-13,15-16,33H,10-11,14H2,1-5H3/t16-/m0/s1. The molecule has 4 rings (SSSR count). The van der Waals surface area contributed by atoms with Crippen molar-refractivity contribution < 1.29 is 23.5 Å². The van der Waals surface area contributed by atoms with Gasteiger partial charge in [-0.05, 0) is 57.0 Å². The average molecular weight is 468 g/mol. The van der Waals surface area contributed by atoms with Crippen molar-refractivity contribution in [2.45, 2.75) is 52.2 Å². The van der Waals surface area contributed by atoms with E-state index in [0.29, 0.717) is 36.4 Å². The highest BCUT2D eigenvalue weighted by Crippen LogP contribution is 2.32. The fraction of sp³-hybridized carbons (Fsp3) is 0.423. The number of hydrogen-bond acceptors (Lipinski definition) is 5. The third-order valence-corrected chi connectivity index (χ3v) is 6.18. The van der Waals surface area contributed by atoms with Crippen LogP contribution in [0.2, 0.25) is 0 Å². The van der Waals surface area contributed by atoms with Gasteiger partial charge in [-0.2, -0.15) is 0 Å². The van der Waals surface area contributed by atoms with Gasteiger partial charge in [-0.1, -0.05) is 13.8 Å². The van der Waals surface area contributed by atoms with Crippen LogP contribution in [0.25, 0.3) is 22.4 Å². The lowest BCUT2D eigenvalue weighted by atomic mass is 10.00. The van der Waals surface area contributed by atoms with Crippen LogP contribution in [-0.4, -0.2) is 63.0 Å². The minimum Gasteiger partial charge on any atom is -0.449 e. The summed E-state index contributed by atoms with van der Waals surface area (Å²) in [4.78, 5) is 33.7. The van der Waals surface area contributed by atoms with Crippen LogP contribution in [0.15, 0.2) is 40.8 Å². The van der Waals surface area contributed by atoms with E-state index < -0.39 is 5.60 Å². The molecule has 1 aliphatic rings. The van der Waals surface area contributed by atoms with E-state index in [9.17, 15) is 19.1 Å². The Bertz CT molecular complexity index is 1230. The summed E-state index contributed by atoms with van der Waals surface area (Å²) in [6, 6.07) is 9.47. The summed E-state index contributed by atoms with van der Waals surface area (Å²) in [5.74, 6) is -0.624. The molecule has 3 aromatic rings. The molecule has 34 heavy (non-hydrogen) atoms. The van der Waals surface area contributed by atoms with E-state index in [-0.39, 0.29) is 35.4 Å². The number of fused-ring (bicyclic) bond motifs is 1. The van der Waals surface area contributed by atoms with Crippen LogP contribution < -0.4 is 0 Å². The van der Waals surface area contributed by atoms with Crippen LogP contribution in [0.1, 0.15) is 56.7 Å². The number of aliphatic hydroxyl groups is 1. The summed E-state index contributed by atoms with van der Waals surface area (Å²) in [7, 11) is 0. The van der Waals surface area contributed by atoms with Crippen LogP contribution in [0, 0.1) is 5.82 Å². The average Bonchev–Trinajstić information content (AvgIpc) is 3.21. The van der Waals surface area contributed by atoms with Gasteiger partial charge >= 0.3 is 0 Å². The molecule has 2 amide bonds. The maximum absolute atomic E-state index is 13.4. The highest BCUT2D eigenvalue weighted by Gasteiger charge is 2.36. The fourth-order valence-corrected chi connectivity index (χ4v) is 4.32. The Balaban J connectivity index is 1.63. The molecule has 1 fully saturated rings. The van der Waals surface area contributed by atoms with Gasteiger partial charge in [-0.3, -0.25) is 9.59 Å². The minimum absolute atomic E-state index is 0.120. The van der Waals surface area contributed by atoms with E-state index >= 15 is 0 Å². The molecule has 0 saturated carbocycles. The summed E-state index contributed by atoms with van der Waals surface area (Å²) in [5.41, 5.74) is 2.05. The van der Waals surface area contributed by atoms with Gasteiger partial charge in [-0.15, -0.1) is 0 Å². The summed E-state index contributed by atoms with van der Waals surface area (Å²) in [6.07, 6.45) is 0. The van der Waals surface area contributed by atoms with Gasteiger partial charge in [0.25, 0.3) is 11.8 Å². The van der Waals surface area contributed by atoms with E-state index in [4.69, 9.17) is 4.42 Å². The van der Waals surface area contributed by atoms with E-state index in [2.05, 4.69) is 4.98 Å². The van der Waals surface area contributed by atoms with Gasteiger partial charge in [-0.25, -0.2) is 9.37 Å². The van der Waals surface area contributed by atoms with Crippen molar-refractivity contribution in [3.8, 4) is 11.3 Å². The Hall–Kier alpha value is -3.26. The van der Waals surface area contributed by atoms with Crippen molar-refractivity contribution in [2.24, 2.45) is 0 Å². The zero-order valence-electron chi connectivity index (χ0n) is 20.1. The molecule has 1 saturated heterocycles. The van der Waals surface area contributed by atoms with Crippen LogP contribution >= 0.6 is 0 Å². The van der Waals surface area contributed by atoms with E-state index in [1.807, 2.05) is 26.8 Å². The number of benzene rings is 1. The second kappa shape index (κ2) is 8.83. The van der Waals surface area contributed by atoms with Crippen molar-refractivity contribution in [3.05, 3.63) is 53.5 Å². The predicted octanol–water partition coefficient (Wildman–Crippen LogP) is 4.20. The van der Waals surface area contributed by atoms with Gasteiger partial charge in [0.1, 0.15) is 16.9 Å². The first-order valence-corrected chi connectivity index (χ1v) is 11.5. The van der Waals surface area contributed by atoms with Crippen molar-refractivity contribution in [1.29, 1.82) is 0 Å². The topological polar surface area (TPSA) is 86.9 Å². The van der Waals surface area contributed by atoms with Crippen LogP contribution in [-0.2, 0) is 4.79 Å². The summed E-state index contributed by atoms with van der Waals surface area (Å²) < 4.78 is 19.4. The molecule has 3 heterocycles. The number of furan rings is 1. The molecule has 180 valence electrons. The van der Waals surface area contributed by atoms with Crippen LogP contribution in [0.3, 0.4) is 0 Å². The molecule has 1 aliphatic heterocycles. The number of halogens is 1. The smallest absolute Gasteiger partial charge is 0.290 e. The van der Waals surface area contributed by atoms with Crippen molar-refractivity contribution in [3.63, 3.8) is 0 Å². The largest absolute Gasteiger partial charge is 0.449 e. The van der Waals surface area contributed by atoms with Gasteiger partial charge in [0.2, 0.25) is 0 Å². The third kappa shape index (κ3) is 4.55. The molecule has 0 aliphatic carbocycles. The summed E-state index contributed by atoms with van der Waals surface area (Å²) in [6.45, 7) is 9.88. The molecular weight excluding hydrogens is 437 g/mol. The number of carbonyl (C=O) groups is 2. The van der Waals surface area contributed by atoms with Crippen molar-refractivity contribution in [2.75, 3.05) is 19.6 Å². The number of hydrogen-bond donors (Lipinski definition) is 1. The number of carbonyl (C=O) groups excluding carboxylic acids is 2. The van der Waals surface area contributed by atoms with Gasteiger partial charge in [0.05, 0.1) is 5.69 Å². The molecule has 0 spiro atoms. The Kier molecular flexibility index (Phi) is 6.20. The monoisotopic (exact) mass is 467 g/mol. The maximum atomic E-state index is 13.4. The second-order valence-corrected chi connectivity index (χ2v) is 9.74. The first-order valence-electron chi connectivity index (χ1n) is 11.5.